The molecule has 0 N–H and O–H groups in total. The van der Waals surface area contributed by atoms with Gasteiger partial charge >= 0.3 is 0 Å². The maximum Gasteiger partial charge on any atom is 0.202 e. The van der Waals surface area contributed by atoms with Crippen LogP contribution < -0.4 is 23.7 Å². The maximum atomic E-state index is 13.4. The molecule has 1 aliphatic carbocycles. The highest BCUT2D eigenvalue weighted by molar-refractivity contribution is 6.11. The molecule has 5 rings (SSSR count). The molecule has 0 spiro atoms. The predicted molar refractivity (Wildman–Crippen MR) is 129 cm³/mol. The third-order valence-electron chi connectivity index (χ3n) is 6.42. The summed E-state index contributed by atoms with van der Waals surface area (Å²) >= 11 is 0. The van der Waals surface area contributed by atoms with Crippen LogP contribution in [-0.4, -0.2) is 34.2 Å². The van der Waals surface area contributed by atoms with E-state index in [0.29, 0.717) is 34.1 Å². The fourth-order valence-corrected chi connectivity index (χ4v) is 4.67. The van der Waals surface area contributed by atoms with Crippen LogP contribution in [0.25, 0.3) is 5.57 Å². The van der Waals surface area contributed by atoms with Crippen LogP contribution in [0.4, 0.5) is 0 Å². The van der Waals surface area contributed by atoms with Gasteiger partial charge < -0.3 is 28.4 Å². The van der Waals surface area contributed by atoms with Crippen LogP contribution in [0.15, 0.2) is 66.4 Å². The minimum Gasteiger partial charge on any atom is -0.497 e. The number of allylic oxidation sites excluding steroid dienone is 1. The van der Waals surface area contributed by atoms with Crippen molar-refractivity contribution >= 4 is 11.4 Å². The minimum atomic E-state index is -1.04. The Balaban J connectivity index is 1.63. The SMILES string of the molecule is COc1ccc(COC2=C3c4c(OC)cc(OC)cc4OC3(c3ccc(OC)cc3)CC2=O)cc1. The van der Waals surface area contributed by atoms with Gasteiger partial charge in [0.25, 0.3) is 0 Å². The summed E-state index contributed by atoms with van der Waals surface area (Å²) < 4.78 is 34.5. The molecule has 0 aromatic heterocycles. The van der Waals surface area contributed by atoms with Gasteiger partial charge in [-0.1, -0.05) is 24.3 Å². The molecule has 0 bridgehead atoms. The van der Waals surface area contributed by atoms with Crippen LogP contribution in [0.5, 0.6) is 28.7 Å². The highest BCUT2D eigenvalue weighted by Gasteiger charge is 2.56. The van der Waals surface area contributed by atoms with Crippen LogP contribution in [0.1, 0.15) is 23.1 Å². The number of fused-ring (bicyclic) bond motifs is 3. The molecule has 0 saturated heterocycles. The van der Waals surface area contributed by atoms with E-state index < -0.39 is 5.60 Å². The van der Waals surface area contributed by atoms with E-state index in [-0.39, 0.29) is 24.6 Å². The van der Waals surface area contributed by atoms with E-state index >= 15 is 0 Å². The van der Waals surface area contributed by atoms with Gasteiger partial charge in [-0.15, -0.1) is 0 Å². The Bertz CT molecular complexity index is 1290. The third kappa shape index (κ3) is 3.73. The van der Waals surface area contributed by atoms with Gasteiger partial charge in [0.15, 0.2) is 11.4 Å². The van der Waals surface area contributed by atoms with Crippen molar-refractivity contribution < 1.29 is 33.2 Å². The summed E-state index contributed by atoms with van der Waals surface area (Å²) in [5.74, 6) is 3.33. The molecule has 7 heteroatoms. The van der Waals surface area contributed by atoms with Gasteiger partial charge in [0.2, 0.25) is 5.78 Å². The van der Waals surface area contributed by atoms with Crippen molar-refractivity contribution in [1.29, 1.82) is 0 Å². The number of carbonyl (C=O) groups excluding carboxylic acids is 1. The van der Waals surface area contributed by atoms with Gasteiger partial charge in [0, 0.05) is 17.7 Å². The first kappa shape index (κ1) is 22.7. The van der Waals surface area contributed by atoms with E-state index in [1.165, 1.54) is 0 Å². The summed E-state index contributed by atoms with van der Waals surface area (Å²) in [6, 6.07) is 18.6. The zero-order valence-electron chi connectivity index (χ0n) is 20.0. The van der Waals surface area contributed by atoms with E-state index in [1.54, 1.807) is 40.6 Å². The molecule has 3 aromatic rings. The molecule has 1 heterocycles. The molecule has 1 atom stereocenters. The lowest BCUT2D eigenvalue weighted by atomic mass is 9.85. The van der Waals surface area contributed by atoms with Crippen LogP contribution >= 0.6 is 0 Å². The Morgan fingerprint density at radius 3 is 2.03 bits per heavy atom. The average Bonchev–Trinajstić information content (AvgIpc) is 3.37. The molecule has 0 radical (unpaired) electrons. The smallest absolute Gasteiger partial charge is 0.202 e. The average molecular weight is 475 g/mol. The highest BCUT2D eigenvalue weighted by atomic mass is 16.5. The lowest BCUT2D eigenvalue weighted by Crippen LogP contribution is -2.29. The Kier molecular flexibility index (Phi) is 5.76. The molecule has 0 saturated carbocycles. The number of rotatable bonds is 8. The molecule has 1 aliphatic heterocycles. The molecular formula is C28H26O7. The monoisotopic (exact) mass is 474 g/mol. The van der Waals surface area contributed by atoms with Crippen molar-refractivity contribution in [1.82, 2.24) is 0 Å². The van der Waals surface area contributed by atoms with Gasteiger partial charge in [-0.05, 0) is 29.8 Å². The summed E-state index contributed by atoms with van der Waals surface area (Å²) in [7, 11) is 6.40. The zero-order chi connectivity index (χ0) is 24.6. The molecule has 35 heavy (non-hydrogen) atoms. The normalized spacial score (nSPS) is 18.0. The van der Waals surface area contributed by atoms with E-state index in [1.807, 2.05) is 48.5 Å². The fourth-order valence-electron chi connectivity index (χ4n) is 4.67. The van der Waals surface area contributed by atoms with Crippen molar-refractivity contribution in [3.63, 3.8) is 0 Å². The minimum absolute atomic E-state index is 0.104. The number of ketones is 1. The summed E-state index contributed by atoms with van der Waals surface area (Å²) in [6.07, 6.45) is 0.104. The third-order valence-corrected chi connectivity index (χ3v) is 6.42. The molecule has 7 nitrogen and oxygen atoms in total. The van der Waals surface area contributed by atoms with Gasteiger partial charge in [-0.25, -0.2) is 0 Å². The van der Waals surface area contributed by atoms with Crippen molar-refractivity contribution in [2.75, 3.05) is 28.4 Å². The molecule has 2 aliphatic rings. The number of benzene rings is 3. The van der Waals surface area contributed by atoms with E-state index in [2.05, 4.69) is 0 Å². The van der Waals surface area contributed by atoms with Gasteiger partial charge in [0.05, 0.1) is 46.0 Å². The largest absolute Gasteiger partial charge is 0.497 e. The Hall–Kier alpha value is -4.13. The first-order valence-electron chi connectivity index (χ1n) is 11.2. The van der Waals surface area contributed by atoms with E-state index in [4.69, 9.17) is 28.4 Å². The van der Waals surface area contributed by atoms with Crippen LogP contribution in [-0.2, 0) is 21.7 Å². The van der Waals surface area contributed by atoms with Crippen molar-refractivity contribution in [2.45, 2.75) is 18.6 Å². The summed E-state index contributed by atoms with van der Waals surface area (Å²) in [6.45, 7) is 0.223. The van der Waals surface area contributed by atoms with Crippen molar-refractivity contribution in [3.05, 3.63) is 83.1 Å². The van der Waals surface area contributed by atoms with Crippen molar-refractivity contribution in [2.24, 2.45) is 0 Å². The second-order valence-corrected chi connectivity index (χ2v) is 8.30. The van der Waals surface area contributed by atoms with Crippen LogP contribution in [0, 0.1) is 0 Å². The van der Waals surface area contributed by atoms with Crippen LogP contribution in [0.2, 0.25) is 0 Å². The number of Topliss-reactive ketones (excluding diaryl/α,β-unsaturated/α-hetero) is 1. The van der Waals surface area contributed by atoms with Gasteiger partial charge in [-0.3, -0.25) is 4.79 Å². The molecule has 0 fully saturated rings. The van der Waals surface area contributed by atoms with Gasteiger partial charge in [-0.2, -0.15) is 0 Å². The van der Waals surface area contributed by atoms with E-state index in [9.17, 15) is 4.79 Å². The molecule has 0 amide bonds. The lowest BCUT2D eigenvalue weighted by molar-refractivity contribution is -0.120. The lowest BCUT2D eigenvalue weighted by Gasteiger charge is -2.26. The second-order valence-electron chi connectivity index (χ2n) is 8.30. The van der Waals surface area contributed by atoms with Crippen molar-refractivity contribution in [3.8, 4) is 28.7 Å². The standard InChI is InChI=1S/C28H26O7/c1-30-19-9-5-17(6-10-19)16-34-27-22(29)15-28(18-7-11-20(31-2)12-8-18)26(27)25-23(33-4)13-21(32-3)14-24(25)35-28/h5-14H,15-16H2,1-4H3. The Morgan fingerprint density at radius 2 is 1.43 bits per heavy atom. The number of carbonyl (C=O) groups is 1. The molecule has 1 unspecified atom stereocenters. The van der Waals surface area contributed by atoms with Crippen LogP contribution in [0.3, 0.4) is 0 Å². The molecular weight excluding hydrogens is 448 g/mol. The number of ether oxygens (including phenoxy) is 6. The fraction of sp³-hybridized carbons (Fsp3) is 0.250. The predicted octanol–water partition coefficient (Wildman–Crippen LogP) is 4.91. The van der Waals surface area contributed by atoms with E-state index in [0.717, 1.165) is 16.9 Å². The van der Waals surface area contributed by atoms with Gasteiger partial charge in [0.1, 0.15) is 35.4 Å². The summed E-state index contributed by atoms with van der Waals surface area (Å²) in [5.41, 5.74) is 2.05. The quantitative estimate of drug-likeness (QED) is 0.459. The second kappa shape index (κ2) is 8.91. The Morgan fingerprint density at radius 1 is 0.800 bits per heavy atom. The maximum absolute atomic E-state index is 13.4. The molecule has 180 valence electrons. The number of hydrogen-bond donors (Lipinski definition) is 0. The number of methoxy groups -OCH3 is 4. The first-order valence-corrected chi connectivity index (χ1v) is 11.2. The zero-order valence-corrected chi connectivity index (χ0v) is 20.0. The number of hydrogen-bond acceptors (Lipinski definition) is 7. The molecule has 3 aromatic carbocycles. The highest BCUT2D eigenvalue weighted by Crippen LogP contribution is 2.60. The summed E-state index contributed by atoms with van der Waals surface area (Å²) in [5, 5.41) is 0. The summed E-state index contributed by atoms with van der Waals surface area (Å²) in [4.78, 5) is 13.4. The topological polar surface area (TPSA) is 72.5 Å². The Labute approximate surface area is 203 Å². The first-order chi connectivity index (χ1) is 17.0.